The van der Waals surface area contributed by atoms with Gasteiger partial charge in [-0.25, -0.2) is 0 Å². The first-order valence-corrected chi connectivity index (χ1v) is 10.6. The van der Waals surface area contributed by atoms with E-state index in [1.807, 2.05) is 6.92 Å². The van der Waals surface area contributed by atoms with Gasteiger partial charge in [0, 0.05) is 35.3 Å². The zero-order valence-corrected chi connectivity index (χ0v) is 19.4. The highest BCUT2D eigenvalue weighted by Crippen LogP contribution is 2.28. The maximum atomic E-state index is 12.3. The monoisotopic (exact) mass is 487 g/mol. The van der Waals surface area contributed by atoms with Gasteiger partial charge in [-0.2, -0.15) is 4.98 Å². The second kappa shape index (κ2) is 10.8. The molecule has 0 fully saturated rings. The number of rotatable bonds is 9. The quantitative estimate of drug-likeness (QED) is 0.265. The van der Waals surface area contributed by atoms with Crippen molar-refractivity contribution in [2.45, 2.75) is 26.9 Å². The fourth-order valence-electron chi connectivity index (χ4n) is 3.06. The number of hydrogen-bond acceptors (Lipinski definition) is 8. The van der Waals surface area contributed by atoms with Crippen LogP contribution in [0.2, 0.25) is 5.02 Å². The van der Waals surface area contributed by atoms with E-state index in [1.54, 1.807) is 38.1 Å². The molecular weight excluding hydrogens is 466 g/mol. The van der Waals surface area contributed by atoms with Crippen LogP contribution in [-0.2, 0) is 4.79 Å². The molecule has 11 nitrogen and oxygen atoms in total. The number of benzene rings is 2. The molecule has 2 aromatic carbocycles. The Labute approximate surface area is 199 Å². The molecule has 1 atom stereocenters. The van der Waals surface area contributed by atoms with Gasteiger partial charge in [0.05, 0.1) is 4.92 Å². The van der Waals surface area contributed by atoms with Gasteiger partial charge in [-0.05, 0) is 44.5 Å². The lowest BCUT2D eigenvalue weighted by Crippen LogP contribution is -2.40. The molecule has 2 N–H and O–H groups in total. The summed E-state index contributed by atoms with van der Waals surface area (Å²) in [4.78, 5) is 39.1. The molecule has 1 aromatic heterocycles. The predicted molar refractivity (Wildman–Crippen MR) is 123 cm³/mol. The Morgan fingerprint density at radius 2 is 1.94 bits per heavy atom. The Hall–Kier alpha value is -3.99. The van der Waals surface area contributed by atoms with E-state index in [0.29, 0.717) is 21.9 Å². The van der Waals surface area contributed by atoms with Gasteiger partial charge in [-0.15, -0.1) is 0 Å². The van der Waals surface area contributed by atoms with Crippen LogP contribution in [0.4, 0.5) is 5.69 Å². The Morgan fingerprint density at radius 3 is 2.65 bits per heavy atom. The van der Waals surface area contributed by atoms with Gasteiger partial charge < -0.3 is 19.9 Å². The third-order valence-corrected chi connectivity index (χ3v) is 5.12. The molecule has 1 heterocycles. The van der Waals surface area contributed by atoms with Gasteiger partial charge in [0.1, 0.15) is 5.75 Å². The van der Waals surface area contributed by atoms with Crippen LogP contribution in [0.15, 0.2) is 40.9 Å². The van der Waals surface area contributed by atoms with Crippen LogP contribution < -0.4 is 15.4 Å². The number of nitrogens with one attached hydrogen (secondary N) is 2. The standard InChI is InChI=1S/C22H22ClN5O6/c1-12-11-15(23)7-8-18(12)33-14(3)20(29)24-9-10-25-21(30)22-26-19(27-34-22)16-5-4-6-17(13(16)2)28(31)32/h4-8,11,14H,9-10H2,1-3H3,(H,24,29)(H,25,30). The number of carbonyl (C=O) groups excluding carboxylic acids is 2. The fourth-order valence-corrected chi connectivity index (χ4v) is 3.29. The van der Waals surface area contributed by atoms with Gasteiger partial charge in [0.25, 0.3) is 11.6 Å². The Bertz CT molecular complexity index is 1230. The third-order valence-electron chi connectivity index (χ3n) is 4.88. The van der Waals surface area contributed by atoms with E-state index in [2.05, 4.69) is 20.8 Å². The minimum Gasteiger partial charge on any atom is -0.481 e. The molecule has 0 aliphatic carbocycles. The topological polar surface area (TPSA) is 149 Å². The normalized spacial score (nSPS) is 11.5. The van der Waals surface area contributed by atoms with Crippen molar-refractivity contribution in [3.8, 4) is 17.1 Å². The average molecular weight is 488 g/mol. The molecule has 0 saturated heterocycles. The lowest BCUT2D eigenvalue weighted by molar-refractivity contribution is -0.385. The largest absolute Gasteiger partial charge is 0.481 e. The summed E-state index contributed by atoms with van der Waals surface area (Å²) in [6.07, 6.45) is -0.757. The van der Waals surface area contributed by atoms with Crippen LogP contribution >= 0.6 is 11.6 Å². The van der Waals surface area contributed by atoms with Crippen molar-refractivity contribution in [2.75, 3.05) is 13.1 Å². The van der Waals surface area contributed by atoms with Gasteiger partial charge >= 0.3 is 11.8 Å². The molecule has 0 aliphatic rings. The van der Waals surface area contributed by atoms with E-state index >= 15 is 0 Å². The molecule has 3 rings (SSSR count). The number of amides is 2. The molecule has 1 unspecified atom stereocenters. The minimum absolute atomic E-state index is 0.0584. The number of aromatic nitrogens is 2. The van der Waals surface area contributed by atoms with E-state index in [1.165, 1.54) is 12.1 Å². The van der Waals surface area contributed by atoms with E-state index in [9.17, 15) is 19.7 Å². The number of nitrogens with zero attached hydrogens (tertiary/aromatic N) is 3. The van der Waals surface area contributed by atoms with Crippen molar-refractivity contribution in [2.24, 2.45) is 0 Å². The zero-order valence-electron chi connectivity index (χ0n) is 18.6. The number of hydrogen-bond donors (Lipinski definition) is 2. The highest BCUT2D eigenvalue weighted by molar-refractivity contribution is 6.30. The molecule has 2 amide bonds. The van der Waals surface area contributed by atoms with Crippen molar-refractivity contribution in [1.29, 1.82) is 0 Å². The second-order valence-electron chi connectivity index (χ2n) is 7.35. The van der Waals surface area contributed by atoms with E-state index in [-0.39, 0.29) is 36.4 Å². The first kappa shape index (κ1) is 24.6. The summed E-state index contributed by atoms with van der Waals surface area (Å²) < 4.78 is 10.6. The zero-order chi connectivity index (χ0) is 24.8. The predicted octanol–water partition coefficient (Wildman–Crippen LogP) is 3.23. The molecule has 3 aromatic rings. The molecule has 0 radical (unpaired) electrons. The van der Waals surface area contributed by atoms with Crippen LogP contribution in [0.25, 0.3) is 11.4 Å². The average Bonchev–Trinajstić information content (AvgIpc) is 3.28. The van der Waals surface area contributed by atoms with Crippen LogP contribution in [0, 0.1) is 24.0 Å². The number of ether oxygens (including phenoxy) is 1. The first-order valence-electron chi connectivity index (χ1n) is 10.2. The summed E-state index contributed by atoms with van der Waals surface area (Å²) in [7, 11) is 0. The molecule has 0 saturated carbocycles. The van der Waals surface area contributed by atoms with Gasteiger partial charge in [-0.1, -0.05) is 28.9 Å². The highest BCUT2D eigenvalue weighted by atomic mass is 35.5. The fraction of sp³-hybridized carbons (Fsp3) is 0.273. The summed E-state index contributed by atoms with van der Waals surface area (Å²) in [5, 5.41) is 20.6. The molecule has 178 valence electrons. The van der Waals surface area contributed by atoms with Crippen molar-refractivity contribution >= 4 is 29.1 Å². The molecular formula is C22H22ClN5O6. The van der Waals surface area contributed by atoms with Crippen molar-refractivity contribution in [1.82, 2.24) is 20.8 Å². The highest BCUT2D eigenvalue weighted by Gasteiger charge is 2.21. The Balaban J connectivity index is 1.49. The summed E-state index contributed by atoms with van der Waals surface area (Å²) >= 11 is 5.92. The van der Waals surface area contributed by atoms with E-state index in [4.69, 9.17) is 20.9 Å². The van der Waals surface area contributed by atoms with E-state index in [0.717, 1.165) is 5.56 Å². The number of aryl methyl sites for hydroxylation is 1. The van der Waals surface area contributed by atoms with Crippen LogP contribution in [-0.4, -0.2) is 46.1 Å². The SMILES string of the molecule is Cc1cc(Cl)ccc1OC(C)C(=O)NCCNC(=O)c1nc(-c2cccc([N+](=O)[O-])c2C)no1. The van der Waals surface area contributed by atoms with Crippen LogP contribution in [0.1, 0.15) is 28.7 Å². The molecule has 0 spiro atoms. The minimum atomic E-state index is -0.757. The van der Waals surface area contributed by atoms with Gasteiger partial charge in [0.2, 0.25) is 5.82 Å². The van der Waals surface area contributed by atoms with Gasteiger partial charge in [-0.3, -0.25) is 19.7 Å². The Morgan fingerprint density at radius 1 is 1.21 bits per heavy atom. The van der Waals surface area contributed by atoms with Crippen LogP contribution in [0.3, 0.4) is 0 Å². The molecule has 0 aliphatic heterocycles. The number of nitro groups is 1. The van der Waals surface area contributed by atoms with Crippen molar-refractivity contribution in [3.05, 3.63) is 68.6 Å². The number of carbonyl (C=O) groups is 2. The maximum Gasteiger partial charge on any atom is 0.316 e. The van der Waals surface area contributed by atoms with Crippen molar-refractivity contribution < 1.29 is 23.8 Å². The molecule has 0 bridgehead atoms. The van der Waals surface area contributed by atoms with E-state index < -0.39 is 16.9 Å². The third kappa shape index (κ3) is 5.87. The summed E-state index contributed by atoms with van der Waals surface area (Å²) in [6, 6.07) is 9.56. The Kier molecular flexibility index (Phi) is 7.79. The number of nitro benzene ring substituents is 1. The summed E-state index contributed by atoms with van der Waals surface area (Å²) in [5.74, 6) is -0.696. The second-order valence-corrected chi connectivity index (χ2v) is 7.78. The first-order chi connectivity index (χ1) is 16.2. The van der Waals surface area contributed by atoms with Crippen molar-refractivity contribution in [3.63, 3.8) is 0 Å². The van der Waals surface area contributed by atoms with Gasteiger partial charge in [0.15, 0.2) is 6.10 Å². The molecule has 34 heavy (non-hydrogen) atoms. The summed E-state index contributed by atoms with van der Waals surface area (Å²) in [6.45, 7) is 5.24. The smallest absolute Gasteiger partial charge is 0.316 e. The maximum absolute atomic E-state index is 12.3. The summed E-state index contributed by atoms with van der Waals surface area (Å²) in [5.41, 5.74) is 1.45. The lowest BCUT2D eigenvalue weighted by Gasteiger charge is -2.16. The lowest BCUT2D eigenvalue weighted by atomic mass is 10.1. The number of halogens is 1. The van der Waals surface area contributed by atoms with Crippen LogP contribution in [0.5, 0.6) is 5.75 Å². The molecule has 12 heteroatoms.